The molecule has 1 aliphatic carbocycles. The summed E-state index contributed by atoms with van der Waals surface area (Å²) in [6.45, 7) is 2.39. The van der Waals surface area contributed by atoms with Gasteiger partial charge in [-0.2, -0.15) is 0 Å². The van der Waals surface area contributed by atoms with E-state index in [4.69, 9.17) is 23.2 Å². The van der Waals surface area contributed by atoms with Gasteiger partial charge >= 0.3 is 0 Å². The first kappa shape index (κ1) is 21.8. The Morgan fingerprint density at radius 3 is 2.41 bits per heavy atom. The maximum absolute atomic E-state index is 13.1. The Morgan fingerprint density at radius 2 is 1.76 bits per heavy atom. The van der Waals surface area contributed by atoms with Gasteiger partial charge in [0, 0.05) is 28.7 Å². The molecular formula is C23H26Cl2N2O2. The first-order chi connectivity index (χ1) is 13.9. The second kappa shape index (κ2) is 9.29. The topological polar surface area (TPSA) is 49.4 Å². The van der Waals surface area contributed by atoms with E-state index in [0.717, 1.165) is 19.3 Å². The van der Waals surface area contributed by atoms with Gasteiger partial charge in [-0.3, -0.25) is 9.59 Å². The Bertz CT molecular complexity index is 908. The largest absolute Gasteiger partial charge is 0.314 e. The maximum Gasteiger partial charge on any atom is 0.240 e. The van der Waals surface area contributed by atoms with E-state index in [-0.39, 0.29) is 23.8 Å². The molecule has 6 heteroatoms. The SMILES string of the molecule is CCC1(NCC(=O)N(C)c2ccc(Cl)cc2C(=O)c2ccccc2Cl)CCCC1. The molecule has 0 spiro atoms. The molecular weight excluding hydrogens is 407 g/mol. The summed E-state index contributed by atoms with van der Waals surface area (Å²) in [7, 11) is 1.68. The van der Waals surface area contributed by atoms with Crippen LogP contribution in [0.5, 0.6) is 0 Å². The third kappa shape index (κ3) is 4.82. The molecule has 0 heterocycles. The Hall–Kier alpha value is -1.88. The van der Waals surface area contributed by atoms with Crippen LogP contribution < -0.4 is 10.2 Å². The highest BCUT2D eigenvalue weighted by molar-refractivity contribution is 6.36. The number of ketones is 1. The molecule has 0 radical (unpaired) electrons. The Balaban J connectivity index is 1.83. The standard InChI is InChI=1S/C23H26Cl2N2O2/c1-3-23(12-6-7-13-23)26-15-21(28)27(2)20-11-10-16(24)14-18(20)22(29)17-8-4-5-9-19(17)25/h4-5,8-11,14,26H,3,6-7,12-13,15H2,1-2H3. The van der Waals surface area contributed by atoms with Crippen molar-refractivity contribution in [3.8, 4) is 0 Å². The molecule has 2 aromatic rings. The van der Waals surface area contributed by atoms with Crippen molar-refractivity contribution in [1.29, 1.82) is 0 Å². The molecule has 1 amide bonds. The molecule has 0 aromatic heterocycles. The minimum atomic E-state index is -0.262. The van der Waals surface area contributed by atoms with Gasteiger partial charge < -0.3 is 10.2 Å². The summed E-state index contributed by atoms with van der Waals surface area (Å²) >= 11 is 12.4. The summed E-state index contributed by atoms with van der Waals surface area (Å²) in [6, 6.07) is 11.8. The molecule has 0 saturated heterocycles. The van der Waals surface area contributed by atoms with Crippen LogP contribution in [0.4, 0.5) is 5.69 Å². The fraction of sp³-hybridized carbons (Fsp3) is 0.391. The van der Waals surface area contributed by atoms with Crippen LogP contribution in [0.2, 0.25) is 10.0 Å². The van der Waals surface area contributed by atoms with Crippen LogP contribution in [-0.2, 0) is 4.79 Å². The fourth-order valence-electron chi connectivity index (χ4n) is 4.00. The van der Waals surface area contributed by atoms with E-state index in [1.54, 1.807) is 49.5 Å². The van der Waals surface area contributed by atoms with Crippen LogP contribution in [-0.4, -0.2) is 30.8 Å². The molecule has 0 atom stereocenters. The number of rotatable bonds is 7. The summed E-state index contributed by atoms with van der Waals surface area (Å²) in [5.74, 6) is -0.359. The normalized spacial score (nSPS) is 15.3. The van der Waals surface area contributed by atoms with Gasteiger partial charge in [-0.05, 0) is 49.6 Å². The third-order valence-corrected chi connectivity index (χ3v) is 6.47. The lowest BCUT2D eigenvalue weighted by Crippen LogP contribution is -2.47. The summed E-state index contributed by atoms with van der Waals surface area (Å²) in [6.07, 6.45) is 5.58. The average molecular weight is 433 g/mol. The van der Waals surface area contributed by atoms with Gasteiger partial charge in [-0.15, -0.1) is 0 Å². The highest BCUT2D eigenvalue weighted by Gasteiger charge is 2.32. The molecule has 2 aromatic carbocycles. The monoisotopic (exact) mass is 432 g/mol. The Kier molecular flexibility index (Phi) is 6.99. The van der Waals surface area contributed by atoms with Crippen molar-refractivity contribution in [3.05, 3.63) is 63.6 Å². The lowest BCUT2D eigenvalue weighted by atomic mass is 9.94. The van der Waals surface area contributed by atoms with Crippen LogP contribution in [0.25, 0.3) is 0 Å². The van der Waals surface area contributed by atoms with Crippen molar-refractivity contribution in [2.24, 2.45) is 0 Å². The van der Waals surface area contributed by atoms with Gasteiger partial charge in [0.2, 0.25) is 5.91 Å². The predicted molar refractivity (Wildman–Crippen MR) is 119 cm³/mol. The van der Waals surface area contributed by atoms with Crippen LogP contribution >= 0.6 is 23.2 Å². The van der Waals surface area contributed by atoms with Crippen molar-refractivity contribution >= 4 is 40.6 Å². The van der Waals surface area contributed by atoms with Crippen LogP contribution in [0.3, 0.4) is 0 Å². The average Bonchev–Trinajstić information content (AvgIpc) is 3.21. The van der Waals surface area contributed by atoms with Crippen molar-refractivity contribution < 1.29 is 9.59 Å². The number of anilines is 1. The highest BCUT2D eigenvalue weighted by atomic mass is 35.5. The number of nitrogens with zero attached hydrogens (tertiary/aromatic N) is 1. The molecule has 1 aliphatic rings. The van der Waals surface area contributed by atoms with Gasteiger partial charge in [-0.1, -0.05) is 55.1 Å². The van der Waals surface area contributed by atoms with Crippen LogP contribution in [0, 0.1) is 0 Å². The number of nitrogens with one attached hydrogen (secondary N) is 1. The fourth-order valence-corrected chi connectivity index (χ4v) is 4.39. The van der Waals surface area contributed by atoms with E-state index >= 15 is 0 Å². The zero-order valence-electron chi connectivity index (χ0n) is 16.8. The molecule has 0 unspecified atom stereocenters. The molecule has 1 N–H and O–H groups in total. The van der Waals surface area contributed by atoms with E-state index in [2.05, 4.69) is 12.2 Å². The number of hydrogen-bond acceptors (Lipinski definition) is 3. The van der Waals surface area contributed by atoms with Crippen molar-refractivity contribution in [2.45, 2.75) is 44.6 Å². The van der Waals surface area contributed by atoms with Crippen LogP contribution in [0.1, 0.15) is 54.9 Å². The highest BCUT2D eigenvalue weighted by Crippen LogP contribution is 2.32. The van der Waals surface area contributed by atoms with Crippen molar-refractivity contribution in [3.63, 3.8) is 0 Å². The quantitative estimate of drug-likeness (QED) is 0.587. The number of halogens is 2. The summed E-state index contributed by atoms with van der Waals surface area (Å²) < 4.78 is 0. The zero-order valence-corrected chi connectivity index (χ0v) is 18.3. The number of hydrogen-bond donors (Lipinski definition) is 1. The third-order valence-electron chi connectivity index (χ3n) is 5.91. The first-order valence-corrected chi connectivity index (χ1v) is 10.7. The number of benzene rings is 2. The van der Waals surface area contributed by atoms with Crippen LogP contribution in [0.15, 0.2) is 42.5 Å². The van der Waals surface area contributed by atoms with Gasteiger partial charge in [-0.25, -0.2) is 0 Å². The Morgan fingerprint density at radius 1 is 1.07 bits per heavy atom. The molecule has 1 saturated carbocycles. The number of likely N-dealkylation sites (N-methyl/N-ethyl adjacent to an activating group) is 1. The smallest absolute Gasteiger partial charge is 0.240 e. The van der Waals surface area contributed by atoms with Crippen molar-refractivity contribution in [1.82, 2.24) is 5.32 Å². The summed E-state index contributed by atoms with van der Waals surface area (Å²) in [5.41, 5.74) is 1.30. The predicted octanol–water partition coefficient (Wildman–Crippen LogP) is 5.50. The van der Waals surface area contributed by atoms with E-state index in [0.29, 0.717) is 26.9 Å². The van der Waals surface area contributed by atoms with Gasteiger partial charge in [0.05, 0.1) is 17.3 Å². The molecule has 0 aliphatic heterocycles. The molecule has 29 heavy (non-hydrogen) atoms. The second-order valence-electron chi connectivity index (χ2n) is 7.62. The van der Waals surface area contributed by atoms with Gasteiger partial charge in [0.25, 0.3) is 0 Å². The Labute approximate surface area is 182 Å². The minimum absolute atomic E-state index is 0.0483. The van der Waals surface area contributed by atoms with E-state index in [1.165, 1.54) is 17.7 Å². The van der Waals surface area contributed by atoms with E-state index in [1.807, 2.05) is 0 Å². The zero-order chi connectivity index (χ0) is 21.0. The second-order valence-corrected chi connectivity index (χ2v) is 8.46. The number of carbonyl (C=O) groups is 2. The van der Waals surface area contributed by atoms with Gasteiger partial charge in [0.1, 0.15) is 0 Å². The summed E-state index contributed by atoms with van der Waals surface area (Å²) in [4.78, 5) is 27.6. The number of carbonyl (C=O) groups excluding carboxylic acids is 2. The summed E-state index contributed by atoms with van der Waals surface area (Å²) in [5, 5.41) is 4.27. The van der Waals surface area contributed by atoms with E-state index < -0.39 is 0 Å². The molecule has 0 bridgehead atoms. The van der Waals surface area contributed by atoms with E-state index in [9.17, 15) is 9.59 Å². The van der Waals surface area contributed by atoms with Gasteiger partial charge in [0.15, 0.2) is 5.78 Å². The lowest BCUT2D eigenvalue weighted by Gasteiger charge is -2.30. The first-order valence-electron chi connectivity index (χ1n) is 9.97. The lowest BCUT2D eigenvalue weighted by molar-refractivity contribution is -0.117. The van der Waals surface area contributed by atoms with Crippen molar-refractivity contribution in [2.75, 3.05) is 18.5 Å². The molecule has 154 valence electrons. The molecule has 3 rings (SSSR count). The number of amides is 1. The maximum atomic E-state index is 13.1. The molecule has 1 fully saturated rings. The molecule has 4 nitrogen and oxygen atoms in total. The minimum Gasteiger partial charge on any atom is -0.314 e.